The van der Waals surface area contributed by atoms with Gasteiger partial charge in [-0.15, -0.1) is 0 Å². The van der Waals surface area contributed by atoms with E-state index in [1.165, 1.54) is 11.4 Å². The molecule has 0 atom stereocenters. The van der Waals surface area contributed by atoms with Gasteiger partial charge in [0.05, 0.1) is 10.5 Å². The molecule has 1 saturated carbocycles. The van der Waals surface area contributed by atoms with Crippen molar-refractivity contribution in [2.45, 2.75) is 43.1 Å². The van der Waals surface area contributed by atoms with Gasteiger partial charge < -0.3 is 5.11 Å². The van der Waals surface area contributed by atoms with Crippen LogP contribution < -0.4 is 0 Å². The maximum atomic E-state index is 12.4. The molecule has 0 aromatic heterocycles. The van der Waals surface area contributed by atoms with Gasteiger partial charge in [0, 0.05) is 13.6 Å². The first-order valence-electron chi connectivity index (χ1n) is 6.59. The van der Waals surface area contributed by atoms with Gasteiger partial charge in [0.25, 0.3) is 0 Å². The number of benzene rings is 1. The van der Waals surface area contributed by atoms with Crippen molar-refractivity contribution in [1.29, 1.82) is 0 Å². The molecule has 0 radical (unpaired) electrons. The van der Waals surface area contributed by atoms with Gasteiger partial charge in [-0.25, -0.2) is 8.42 Å². The van der Waals surface area contributed by atoms with E-state index < -0.39 is 15.6 Å². The summed E-state index contributed by atoms with van der Waals surface area (Å²) in [5, 5.41) is 10.3. The Morgan fingerprint density at radius 3 is 2.53 bits per heavy atom. The molecule has 0 bridgehead atoms. The van der Waals surface area contributed by atoms with Crippen LogP contribution in [0.4, 0.5) is 0 Å². The van der Waals surface area contributed by atoms with E-state index in [1.807, 2.05) is 13.0 Å². The zero-order chi connectivity index (χ0) is 14.1. The molecule has 1 aliphatic carbocycles. The monoisotopic (exact) mass is 283 g/mol. The van der Waals surface area contributed by atoms with Crippen molar-refractivity contribution in [3.8, 4) is 0 Å². The van der Waals surface area contributed by atoms with Crippen LogP contribution in [0.15, 0.2) is 29.2 Å². The molecule has 0 amide bonds. The van der Waals surface area contributed by atoms with Crippen LogP contribution in [-0.4, -0.2) is 37.0 Å². The number of hydrogen-bond donors (Lipinski definition) is 1. The fourth-order valence-electron chi connectivity index (χ4n) is 2.65. The molecule has 0 saturated heterocycles. The van der Waals surface area contributed by atoms with Crippen molar-refractivity contribution in [2.75, 3.05) is 13.6 Å². The quantitative estimate of drug-likeness (QED) is 0.918. The van der Waals surface area contributed by atoms with Gasteiger partial charge in [0.2, 0.25) is 10.0 Å². The number of rotatable bonds is 4. The van der Waals surface area contributed by atoms with Crippen molar-refractivity contribution >= 4 is 10.0 Å². The molecule has 1 aromatic carbocycles. The van der Waals surface area contributed by atoms with Gasteiger partial charge >= 0.3 is 0 Å². The first kappa shape index (κ1) is 14.5. The van der Waals surface area contributed by atoms with Crippen LogP contribution in [0, 0.1) is 6.92 Å². The van der Waals surface area contributed by atoms with Crippen LogP contribution in [0.1, 0.15) is 31.2 Å². The first-order valence-corrected chi connectivity index (χ1v) is 8.03. The standard InChI is InChI=1S/C14H21NO3S/c1-12-6-5-7-13(10-12)19(17,18)15(2)11-14(16)8-3-4-9-14/h5-7,10,16H,3-4,8-9,11H2,1-2H3. The Hall–Kier alpha value is -0.910. The van der Waals surface area contributed by atoms with Gasteiger partial charge in [-0.1, -0.05) is 25.0 Å². The molecule has 5 heteroatoms. The Morgan fingerprint density at radius 1 is 1.32 bits per heavy atom. The zero-order valence-electron chi connectivity index (χ0n) is 11.5. The highest BCUT2D eigenvalue weighted by atomic mass is 32.2. The fraction of sp³-hybridized carbons (Fsp3) is 0.571. The number of likely N-dealkylation sites (N-methyl/N-ethyl adjacent to an activating group) is 1. The van der Waals surface area contributed by atoms with E-state index in [0.29, 0.717) is 12.8 Å². The molecule has 1 aliphatic rings. The summed E-state index contributed by atoms with van der Waals surface area (Å²) in [4.78, 5) is 0.289. The highest BCUT2D eigenvalue weighted by Gasteiger charge is 2.35. The third kappa shape index (κ3) is 3.16. The summed E-state index contributed by atoms with van der Waals surface area (Å²) >= 11 is 0. The number of aliphatic hydroxyl groups is 1. The molecular formula is C14H21NO3S. The maximum Gasteiger partial charge on any atom is 0.242 e. The second-order valence-corrected chi connectivity index (χ2v) is 7.55. The average Bonchev–Trinajstić information content (AvgIpc) is 2.75. The topological polar surface area (TPSA) is 57.6 Å². The van der Waals surface area contributed by atoms with Gasteiger partial charge in [-0.2, -0.15) is 4.31 Å². The third-order valence-corrected chi connectivity index (χ3v) is 5.55. The van der Waals surface area contributed by atoms with Crippen LogP contribution in [-0.2, 0) is 10.0 Å². The fourth-order valence-corrected chi connectivity index (χ4v) is 4.00. The lowest BCUT2D eigenvalue weighted by molar-refractivity contribution is 0.0333. The minimum absolute atomic E-state index is 0.170. The van der Waals surface area contributed by atoms with E-state index in [1.54, 1.807) is 18.2 Å². The lowest BCUT2D eigenvalue weighted by Crippen LogP contribution is -2.41. The van der Waals surface area contributed by atoms with E-state index in [2.05, 4.69) is 0 Å². The van der Waals surface area contributed by atoms with Gasteiger partial charge in [-0.05, 0) is 37.5 Å². The molecule has 106 valence electrons. The normalized spacial score (nSPS) is 18.9. The summed E-state index contributed by atoms with van der Waals surface area (Å²) in [6.07, 6.45) is 3.30. The first-order chi connectivity index (χ1) is 8.83. The lowest BCUT2D eigenvalue weighted by atomic mass is 10.0. The Morgan fingerprint density at radius 2 is 1.95 bits per heavy atom. The summed E-state index contributed by atoms with van der Waals surface area (Å²) < 4.78 is 26.1. The second kappa shape index (κ2) is 5.23. The minimum Gasteiger partial charge on any atom is -0.389 e. The zero-order valence-corrected chi connectivity index (χ0v) is 12.3. The predicted molar refractivity (Wildman–Crippen MR) is 74.4 cm³/mol. The van der Waals surface area contributed by atoms with E-state index in [9.17, 15) is 13.5 Å². The average molecular weight is 283 g/mol. The Kier molecular flexibility index (Phi) is 3.99. The molecular weight excluding hydrogens is 262 g/mol. The highest BCUT2D eigenvalue weighted by Crippen LogP contribution is 2.31. The molecule has 0 unspecified atom stereocenters. The van der Waals surface area contributed by atoms with Gasteiger partial charge in [0.15, 0.2) is 0 Å². The number of sulfonamides is 1. The summed E-state index contributed by atoms with van der Waals surface area (Å²) in [6, 6.07) is 6.85. The molecule has 1 N–H and O–H groups in total. The van der Waals surface area contributed by atoms with Crippen molar-refractivity contribution in [3.63, 3.8) is 0 Å². The van der Waals surface area contributed by atoms with E-state index in [0.717, 1.165) is 18.4 Å². The van der Waals surface area contributed by atoms with Crippen LogP contribution in [0.5, 0.6) is 0 Å². The van der Waals surface area contributed by atoms with Crippen LogP contribution in [0.3, 0.4) is 0 Å². The predicted octanol–water partition coefficient (Wildman–Crippen LogP) is 1.92. The molecule has 19 heavy (non-hydrogen) atoms. The summed E-state index contributed by atoms with van der Waals surface area (Å²) in [5.74, 6) is 0. The molecule has 0 aliphatic heterocycles. The van der Waals surface area contributed by atoms with Crippen LogP contribution in [0.25, 0.3) is 0 Å². The van der Waals surface area contributed by atoms with Crippen LogP contribution in [0.2, 0.25) is 0 Å². The summed E-state index contributed by atoms with van der Waals surface area (Å²) in [6.45, 7) is 2.03. The molecule has 0 spiro atoms. The van der Waals surface area contributed by atoms with Crippen molar-refractivity contribution in [3.05, 3.63) is 29.8 Å². The largest absolute Gasteiger partial charge is 0.389 e. The van der Waals surface area contributed by atoms with Crippen molar-refractivity contribution in [2.24, 2.45) is 0 Å². The minimum atomic E-state index is -3.51. The molecule has 4 nitrogen and oxygen atoms in total. The smallest absolute Gasteiger partial charge is 0.242 e. The second-order valence-electron chi connectivity index (χ2n) is 5.51. The van der Waals surface area contributed by atoms with E-state index in [4.69, 9.17) is 0 Å². The van der Waals surface area contributed by atoms with Crippen molar-refractivity contribution < 1.29 is 13.5 Å². The Labute approximate surface area is 115 Å². The molecule has 0 heterocycles. The molecule has 1 fully saturated rings. The van der Waals surface area contributed by atoms with E-state index in [-0.39, 0.29) is 11.4 Å². The molecule has 1 aromatic rings. The lowest BCUT2D eigenvalue weighted by Gasteiger charge is -2.28. The van der Waals surface area contributed by atoms with Gasteiger partial charge in [0.1, 0.15) is 0 Å². The third-order valence-electron chi connectivity index (χ3n) is 3.75. The number of aryl methyl sites for hydroxylation is 1. The van der Waals surface area contributed by atoms with Gasteiger partial charge in [-0.3, -0.25) is 0 Å². The SMILES string of the molecule is Cc1cccc(S(=O)(=O)N(C)CC2(O)CCCC2)c1. The highest BCUT2D eigenvalue weighted by molar-refractivity contribution is 7.89. The Bertz CT molecular complexity index is 548. The number of hydrogen-bond acceptors (Lipinski definition) is 3. The molecule has 2 rings (SSSR count). The maximum absolute atomic E-state index is 12.4. The van der Waals surface area contributed by atoms with Crippen LogP contribution >= 0.6 is 0 Å². The van der Waals surface area contributed by atoms with E-state index >= 15 is 0 Å². The Balaban J connectivity index is 2.19. The summed E-state index contributed by atoms with van der Waals surface area (Å²) in [5.41, 5.74) is 0.0556. The number of nitrogens with zero attached hydrogens (tertiary/aromatic N) is 1. The van der Waals surface area contributed by atoms with Crippen molar-refractivity contribution in [1.82, 2.24) is 4.31 Å². The summed E-state index contributed by atoms with van der Waals surface area (Å²) in [7, 11) is -1.98.